The van der Waals surface area contributed by atoms with E-state index in [-0.39, 0.29) is 12.4 Å². The third-order valence-corrected chi connectivity index (χ3v) is 4.43. The lowest BCUT2D eigenvalue weighted by Crippen LogP contribution is -2.39. The molecule has 1 aromatic rings. The zero-order chi connectivity index (χ0) is 20.2. The van der Waals surface area contributed by atoms with Gasteiger partial charge in [-0.05, 0) is 42.4 Å². The minimum atomic E-state index is -4.28. The number of hydrogen-bond donors (Lipinski definition) is 2. The molecule has 1 aliphatic heterocycles. The van der Waals surface area contributed by atoms with E-state index in [1.54, 1.807) is 17.2 Å². The van der Waals surface area contributed by atoms with Gasteiger partial charge in [-0.1, -0.05) is 33.9 Å². The minimum Gasteiger partial charge on any atom is -0.359 e. The highest BCUT2D eigenvalue weighted by atomic mass is 19.4. The lowest BCUT2D eigenvalue weighted by molar-refractivity contribution is -0.150. The molecule has 0 bridgehead atoms. The maximum Gasteiger partial charge on any atom is 0.410 e. The van der Waals surface area contributed by atoms with Gasteiger partial charge in [-0.15, -0.1) is 0 Å². The first kappa shape index (κ1) is 21.1. The van der Waals surface area contributed by atoms with Crippen LogP contribution in [0.15, 0.2) is 43.0 Å². The Morgan fingerprint density at radius 1 is 1.37 bits per heavy atom. The Kier molecular flexibility index (Phi) is 6.44. The Bertz CT molecular complexity index is 677. The highest BCUT2D eigenvalue weighted by Gasteiger charge is 2.44. The second-order valence-corrected chi connectivity index (χ2v) is 8.26. The molecule has 0 amide bonds. The average Bonchev–Trinajstić information content (AvgIpc) is 2.87. The van der Waals surface area contributed by atoms with Crippen LogP contribution in [0.4, 0.5) is 19.0 Å². The van der Waals surface area contributed by atoms with E-state index in [1.165, 1.54) is 0 Å². The van der Waals surface area contributed by atoms with Gasteiger partial charge in [0.05, 0.1) is 5.82 Å². The van der Waals surface area contributed by atoms with Crippen molar-refractivity contribution in [2.75, 3.05) is 11.9 Å². The van der Waals surface area contributed by atoms with E-state index < -0.39 is 12.2 Å². The fraction of sp³-hybridized carbons (Fsp3) is 0.550. The number of anilines is 1. The average molecular weight is 382 g/mol. The third-order valence-electron chi connectivity index (χ3n) is 4.43. The van der Waals surface area contributed by atoms with Crippen LogP contribution in [0.2, 0.25) is 0 Å². The number of nitrogens with zero attached hydrogens (tertiary/aromatic N) is 2. The SMILES string of the molecule is C=C(CCCC(C)(C)C)Nc1cc(CN2CC(C(F)(F)F)NC2=C)ccn1. The van der Waals surface area contributed by atoms with E-state index >= 15 is 0 Å². The number of allylic oxidation sites excluding steroid dienone is 1. The van der Waals surface area contributed by atoms with Gasteiger partial charge in [0.15, 0.2) is 0 Å². The van der Waals surface area contributed by atoms with Crippen LogP contribution in [0.5, 0.6) is 0 Å². The molecular formula is C20H29F3N4. The van der Waals surface area contributed by atoms with Crippen LogP contribution in [0.1, 0.15) is 45.6 Å². The molecule has 1 unspecified atom stereocenters. The second kappa shape index (κ2) is 8.23. The molecule has 0 spiro atoms. The number of halogens is 3. The van der Waals surface area contributed by atoms with Gasteiger partial charge in [0, 0.05) is 25.0 Å². The Morgan fingerprint density at radius 2 is 2.07 bits per heavy atom. The number of nitrogens with one attached hydrogen (secondary N) is 2. The van der Waals surface area contributed by atoms with Crippen molar-refractivity contribution >= 4 is 5.82 Å². The summed E-state index contributed by atoms with van der Waals surface area (Å²) < 4.78 is 38.6. The summed E-state index contributed by atoms with van der Waals surface area (Å²) in [5, 5.41) is 5.60. The van der Waals surface area contributed by atoms with Crippen molar-refractivity contribution in [2.45, 2.75) is 58.8 Å². The molecule has 27 heavy (non-hydrogen) atoms. The van der Waals surface area contributed by atoms with Crippen LogP contribution >= 0.6 is 0 Å². The van der Waals surface area contributed by atoms with Crippen molar-refractivity contribution in [2.24, 2.45) is 5.41 Å². The van der Waals surface area contributed by atoms with Crippen molar-refractivity contribution in [3.05, 3.63) is 48.6 Å². The third kappa shape index (κ3) is 6.81. The monoisotopic (exact) mass is 382 g/mol. The predicted octanol–water partition coefficient (Wildman–Crippen LogP) is 5.03. The predicted molar refractivity (Wildman–Crippen MR) is 103 cm³/mol. The smallest absolute Gasteiger partial charge is 0.359 e. The Hall–Kier alpha value is -2.18. The summed E-state index contributed by atoms with van der Waals surface area (Å²) in [6, 6.07) is 2.05. The summed E-state index contributed by atoms with van der Waals surface area (Å²) in [7, 11) is 0. The van der Waals surface area contributed by atoms with Gasteiger partial charge in [0.2, 0.25) is 0 Å². The normalized spacial score (nSPS) is 17.8. The molecule has 1 saturated heterocycles. The highest BCUT2D eigenvalue weighted by Crippen LogP contribution is 2.28. The van der Waals surface area contributed by atoms with E-state index in [4.69, 9.17) is 0 Å². The molecule has 7 heteroatoms. The van der Waals surface area contributed by atoms with Crippen LogP contribution in [0.25, 0.3) is 0 Å². The molecule has 1 aliphatic rings. The Morgan fingerprint density at radius 3 is 2.67 bits per heavy atom. The summed E-state index contributed by atoms with van der Waals surface area (Å²) in [5.41, 5.74) is 2.04. The molecule has 2 rings (SSSR count). The van der Waals surface area contributed by atoms with Crippen LogP contribution in [-0.2, 0) is 6.54 Å². The first-order chi connectivity index (χ1) is 12.4. The quantitative estimate of drug-likeness (QED) is 0.694. The summed E-state index contributed by atoms with van der Waals surface area (Å²) in [6.45, 7) is 14.5. The van der Waals surface area contributed by atoms with E-state index in [2.05, 4.69) is 49.5 Å². The van der Waals surface area contributed by atoms with Crippen molar-refractivity contribution in [1.82, 2.24) is 15.2 Å². The topological polar surface area (TPSA) is 40.2 Å². The number of pyridine rings is 1. The molecule has 0 aliphatic carbocycles. The van der Waals surface area contributed by atoms with Crippen molar-refractivity contribution in [1.29, 1.82) is 0 Å². The summed E-state index contributed by atoms with van der Waals surface area (Å²) in [4.78, 5) is 5.87. The molecule has 2 heterocycles. The van der Waals surface area contributed by atoms with Gasteiger partial charge >= 0.3 is 6.18 Å². The van der Waals surface area contributed by atoms with Gasteiger partial charge in [-0.3, -0.25) is 0 Å². The minimum absolute atomic E-state index is 0.146. The number of rotatable bonds is 7. The lowest BCUT2D eigenvalue weighted by Gasteiger charge is -2.19. The first-order valence-corrected chi connectivity index (χ1v) is 9.11. The molecule has 150 valence electrons. The Labute approximate surface area is 159 Å². The van der Waals surface area contributed by atoms with Gasteiger partial charge in [0.1, 0.15) is 11.9 Å². The van der Waals surface area contributed by atoms with Crippen LogP contribution in [0.3, 0.4) is 0 Å². The summed E-state index contributed by atoms with van der Waals surface area (Å²) in [6.07, 6.45) is 0.350. The standard InChI is InChI=1S/C20H29F3N4/c1-14(7-6-9-19(3,4)5)25-18-11-16(8-10-24-18)12-27-13-17(20(21,22)23)26-15(27)2/h8,10-11,17,26H,1-2,6-7,9,12-13H2,3-5H3,(H,24,25). The molecule has 4 nitrogen and oxygen atoms in total. The van der Waals surface area contributed by atoms with Crippen molar-refractivity contribution in [3.8, 4) is 0 Å². The molecule has 1 atom stereocenters. The largest absolute Gasteiger partial charge is 0.410 e. The summed E-state index contributed by atoms with van der Waals surface area (Å²) >= 11 is 0. The molecular weight excluding hydrogens is 353 g/mol. The fourth-order valence-corrected chi connectivity index (χ4v) is 2.95. The van der Waals surface area contributed by atoms with E-state index in [9.17, 15) is 13.2 Å². The first-order valence-electron chi connectivity index (χ1n) is 9.11. The van der Waals surface area contributed by atoms with Crippen molar-refractivity contribution in [3.63, 3.8) is 0 Å². The molecule has 1 aromatic heterocycles. The van der Waals surface area contributed by atoms with Crippen molar-refractivity contribution < 1.29 is 13.2 Å². The summed E-state index contributed by atoms with van der Waals surface area (Å²) in [5.74, 6) is 0.939. The van der Waals surface area contributed by atoms with Crippen LogP contribution < -0.4 is 10.6 Å². The van der Waals surface area contributed by atoms with E-state index in [0.29, 0.717) is 17.8 Å². The number of aromatic nitrogens is 1. The van der Waals surface area contributed by atoms with Crippen LogP contribution in [0, 0.1) is 5.41 Å². The maximum atomic E-state index is 12.9. The number of alkyl halides is 3. The fourth-order valence-electron chi connectivity index (χ4n) is 2.95. The molecule has 0 saturated carbocycles. The zero-order valence-electron chi connectivity index (χ0n) is 16.3. The van der Waals surface area contributed by atoms with Gasteiger partial charge in [-0.25, -0.2) is 4.98 Å². The lowest BCUT2D eigenvalue weighted by atomic mass is 9.89. The van der Waals surface area contributed by atoms with E-state index in [1.807, 2.05) is 6.07 Å². The van der Waals surface area contributed by atoms with E-state index in [0.717, 1.165) is 30.5 Å². The number of hydrogen-bond acceptors (Lipinski definition) is 4. The molecule has 2 N–H and O–H groups in total. The van der Waals surface area contributed by atoms with Crippen LogP contribution in [-0.4, -0.2) is 28.6 Å². The molecule has 0 aromatic carbocycles. The molecule has 1 fully saturated rings. The van der Waals surface area contributed by atoms with Gasteiger partial charge in [0.25, 0.3) is 0 Å². The zero-order valence-corrected chi connectivity index (χ0v) is 16.3. The second-order valence-electron chi connectivity index (χ2n) is 8.26. The van der Waals surface area contributed by atoms with Gasteiger partial charge in [-0.2, -0.15) is 13.2 Å². The molecule has 0 radical (unpaired) electrons. The van der Waals surface area contributed by atoms with Gasteiger partial charge < -0.3 is 15.5 Å². The Balaban J connectivity index is 1.90. The highest BCUT2D eigenvalue weighted by molar-refractivity contribution is 5.42. The maximum absolute atomic E-state index is 12.9.